The molecule has 0 atom stereocenters. The summed E-state index contributed by atoms with van der Waals surface area (Å²) in [4.78, 5) is 15.4. The minimum Gasteiger partial charge on any atom is -0.208 e. The van der Waals surface area contributed by atoms with Gasteiger partial charge in [-0.1, -0.05) is 182 Å². The van der Waals surface area contributed by atoms with Gasteiger partial charge in [0.2, 0.25) is 0 Å². The minimum absolute atomic E-state index is 0.635. The molecule has 0 saturated carbocycles. The zero-order chi connectivity index (χ0) is 36.6. The van der Waals surface area contributed by atoms with Crippen molar-refractivity contribution in [3.63, 3.8) is 0 Å². The Balaban J connectivity index is 1.14. The van der Waals surface area contributed by atoms with Gasteiger partial charge >= 0.3 is 0 Å². The molecule has 0 bridgehead atoms. The van der Waals surface area contributed by atoms with Crippen molar-refractivity contribution < 1.29 is 0 Å². The van der Waals surface area contributed by atoms with Crippen molar-refractivity contribution in [3.8, 4) is 89.8 Å². The van der Waals surface area contributed by atoms with Crippen LogP contribution in [0.5, 0.6) is 0 Å². The van der Waals surface area contributed by atoms with Crippen molar-refractivity contribution in [3.05, 3.63) is 211 Å². The molecule has 3 nitrogen and oxygen atoms in total. The Morgan fingerprint density at radius 1 is 0.255 bits per heavy atom. The van der Waals surface area contributed by atoms with Gasteiger partial charge in [-0.3, -0.25) is 0 Å². The zero-order valence-electron chi connectivity index (χ0n) is 30.1. The number of hydrogen-bond donors (Lipinski definition) is 0. The van der Waals surface area contributed by atoms with Crippen LogP contribution >= 0.6 is 0 Å². The Kier molecular flexibility index (Phi) is 8.23. The summed E-state index contributed by atoms with van der Waals surface area (Å²) in [5.74, 6) is 1.91. The number of rotatable bonds is 7. The lowest BCUT2D eigenvalue weighted by molar-refractivity contribution is 1.07. The highest BCUT2D eigenvalue weighted by Gasteiger charge is 2.22. The van der Waals surface area contributed by atoms with Gasteiger partial charge in [-0.15, -0.1) is 0 Å². The highest BCUT2D eigenvalue weighted by atomic mass is 15.0. The first-order chi connectivity index (χ1) is 27.2. The lowest BCUT2D eigenvalue weighted by Gasteiger charge is -2.15. The van der Waals surface area contributed by atoms with Crippen LogP contribution in [0.2, 0.25) is 0 Å². The summed E-state index contributed by atoms with van der Waals surface area (Å²) < 4.78 is 0. The van der Waals surface area contributed by atoms with E-state index in [2.05, 4.69) is 176 Å². The molecule has 55 heavy (non-hydrogen) atoms. The van der Waals surface area contributed by atoms with Gasteiger partial charge in [0, 0.05) is 16.7 Å². The van der Waals surface area contributed by atoms with Crippen LogP contribution in [0.15, 0.2) is 200 Å². The number of fused-ring (bicyclic) bond motifs is 3. The molecule has 0 amide bonds. The fraction of sp³-hybridized carbons (Fsp3) is 0.0192. The zero-order valence-corrected chi connectivity index (χ0v) is 30.1. The summed E-state index contributed by atoms with van der Waals surface area (Å²) in [7, 11) is 0. The van der Waals surface area contributed by atoms with Gasteiger partial charge in [-0.25, -0.2) is 15.0 Å². The van der Waals surface area contributed by atoms with E-state index in [4.69, 9.17) is 15.0 Å². The summed E-state index contributed by atoms with van der Waals surface area (Å²) in [6.07, 6.45) is 0.903. The normalized spacial score (nSPS) is 11.6. The average Bonchev–Trinajstić information content (AvgIpc) is 3.66. The monoisotopic (exact) mass is 701 g/mol. The van der Waals surface area contributed by atoms with E-state index in [1.165, 1.54) is 44.5 Å². The van der Waals surface area contributed by atoms with E-state index in [-0.39, 0.29) is 0 Å². The fourth-order valence-corrected chi connectivity index (χ4v) is 7.79. The second-order valence-electron chi connectivity index (χ2n) is 14.0. The van der Waals surface area contributed by atoms with Crippen LogP contribution in [0.25, 0.3) is 89.8 Å². The summed E-state index contributed by atoms with van der Waals surface area (Å²) in [6, 6.07) is 70.8. The largest absolute Gasteiger partial charge is 0.208 e. The van der Waals surface area contributed by atoms with Crippen molar-refractivity contribution in [2.75, 3.05) is 0 Å². The average molecular weight is 702 g/mol. The first kappa shape index (κ1) is 32.4. The van der Waals surface area contributed by atoms with Crippen LogP contribution < -0.4 is 0 Å². The predicted molar refractivity (Wildman–Crippen MR) is 226 cm³/mol. The van der Waals surface area contributed by atoms with Gasteiger partial charge in [0.15, 0.2) is 17.5 Å². The maximum Gasteiger partial charge on any atom is 0.164 e. The third-order valence-electron chi connectivity index (χ3n) is 10.6. The molecule has 1 aromatic heterocycles. The molecule has 0 spiro atoms. The van der Waals surface area contributed by atoms with Gasteiger partial charge in [0.25, 0.3) is 0 Å². The predicted octanol–water partition coefficient (Wildman–Crippen LogP) is 13.1. The molecular weight excluding hydrogens is 667 g/mol. The summed E-state index contributed by atoms with van der Waals surface area (Å²) >= 11 is 0. The molecule has 258 valence electrons. The van der Waals surface area contributed by atoms with E-state index < -0.39 is 0 Å². The third kappa shape index (κ3) is 6.32. The molecule has 3 heteroatoms. The van der Waals surface area contributed by atoms with E-state index in [1.807, 2.05) is 24.3 Å². The molecule has 9 aromatic rings. The summed E-state index contributed by atoms with van der Waals surface area (Å²) in [5.41, 5.74) is 17.5. The van der Waals surface area contributed by atoms with Crippen molar-refractivity contribution >= 4 is 0 Å². The summed E-state index contributed by atoms with van der Waals surface area (Å²) in [5, 5.41) is 0. The van der Waals surface area contributed by atoms with Gasteiger partial charge < -0.3 is 0 Å². The van der Waals surface area contributed by atoms with Crippen LogP contribution in [0.1, 0.15) is 11.1 Å². The molecule has 0 N–H and O–H groups in total. The van der Waals surface area contributed by atoms with Gasteiger partial charge in [0.05, 0.1) is 0 Å². The fourth-order valence-electron chi connectivity index (χ4n) is 7.79. The highest BCUT2D eigenvalue weighted by Crippen LogP contribution is 2.43. The van der Waals surface area contributed by atoms with Gasteiger partial charge in [-0.05, 0) is 91.4 Å². The van der Waals surface area contributed by atoms with Crippen LogP contribution in [-0.2, 0) is 6.42 Å². The first-order valence-corrected chi connectivity index (χ1v) is 18.7. The standard InChI is InChI=1S/C52H35N3/c1-4-13-35(14-5-1)37-23-25-39(26-24-37)43-31-44(47-21-12-22-48-46-20-11-10-19-42(46)34-49(47)48)33-45(32-43)52-54-50(40-17-8-3-9-18-40)53-51(55-52)41-29-27-38(28-30-41)36-15-6-2-7-16-36/h1-33H,34H2. The molecule has 0 aliphatic heterocycles. The number of nitrogens with zero attached hydrogens (tertiary/aromatic N) is 3. The van der Waals surface area contributed by atoms with E-state index in [1.54, 1.807) is 0 Å². The summed E-state index contributed by atoms with van der Waals surface area (Å²) in [6.45, 7) is 0. The Hall–Kier alpha value is -7.23. The molecule has 1 aliphatic rings. The molecule has 8 aromatic carbocycles. The maximum atomic E-state index is 5.21. The lowest BCUT2D eigenvalue weighted by Crippen LogP contribution is -2.01. The van der Waals surface area contributed by atoms with Crippen LogP contribution in [-0.4, -0.2) is 15.0 Å². The Morgan fingerprint density at radius 2 is 0.636 bits per heavy atom. The van der Waals surface area contributed by atoms with Gasteiger partial charge in [-0.2, -0.15) is 0 Å². The molecule has 10 rings (SSSR count). The number of hydrogen-bond acceptors (Lipinski definition) is 3. The third-order valence-corrected chi connectivity index (χ3v) is 10.6. The van der Waals surface area contributed by atoms with Gasteiger partial charge in [0.1, 0.15) is 0 Å². The Bertz CT molecular complexity index is 2790. The van der Waals surface area contributed by atoms with Crippen LogP contribution in [0.4, 0.5) is 0 Å². The molecule has 1 heterocycles. The highest BCUT2D eigenvalue weighted by molar-refractivity contribution is 5.88. The SMILES string of the molecule is c1ccc(-c2ccc(-c3cc(-c4nc(-c5ccccc5)nc(-c5ccc(-c6ccccc6)cc5)n4)cc(-c4cccc5c4Cc4ccccc4-5)c3)cc2)cc1. The number of benzene rings is 8. The molecular formula is C52H35N3. The van der Waals surface area contributed by atoms with Crippen molar-refractivity contribution in [2.45, 2.75) is 6.42 Å². The molecule has 0 radical (unpaired) electrons. The first-order valence-electron chi connectivity index (χ1n) is 18.7. The molecule has 0 fully saturated rings. The number of aromatic nitrogens is 3. The second-order valence-corrected chi connectivity index (χ2v) is 14.0. The van der Waals surface area contributed by atoms with Crippen molar-refractivity contribution in [2.24, 2.45) is 0 Å². The van der Waals surface area contributed by atoms with E-state index in [9.17, 15) is 0 Å². The molecule has 0 saturated heterocycles. The second kappa shape index (κ2) is 14.0. The molecule has 1 aliphatic carbocycles. The Morgan fingerprint density at radius 3 is 1.24 bits per heavy atom. The van der Waals surface area contributed by atoms with Crippen LogP contribution in [0, 0.1) is 0 Å². The maximum absolute atomic E-state index is 5.21. The topological polar surface area (TPSA) is 38.7 Å². The quantitative estimate of drug-likeness (QED) is 0.166. The smallest absolute Gasteiger partial charge is 0.164 e. The minimum atomic E-state index is 0.635. The molecule has 0 unspecified atom stereocenters. The lowest BCUT2D eigenvalue weighted by atomic mass is 9.91. The van der Waals surface area contributed by atoms with E-state index in [0.717, 1.165) is 45.4 Å². The van der Waals surface area contributed by atoms with Crippen molar-refractivity contribution in [1.82, 2.24) is 15.0 Å². The van der Waals surface area contributed by atoms with E-state index >= 15 is 0 Å². The Labute approximate surface area is 321 Å². The van der Waals surface area contributed by atoms with Crippen molar-refractivity contribution in [1.29, 1.82) is 0 Å². The van der Waals surface area contributed by atoms with E-state index in [0.29, 0.717) is 17.5 Å². The van der Waals surface area contributed by atoms with Crippen LogP contribution in [0.3, 0.4) is 0 Å².